The van der Waals surface area contributed by atoms with Gasteiger partial charge in [0.1, 0.15) is 5.75 Å². The zero-order chi connectivity index (χ0) is 13.0. The van der Waals surface area contributed by atoms with Crippen LogP contribution in [0.2, 0.25) is 5.02 Å². The quantitative estimate of drug-likeness (QED) is 0.842. The summed E-state index contributed by atoms with van der Waals surface area (Å²) >= 11 is 5.76. The molecule has 98 valence electrons. The number of amides is 1. The molecule has 1 aromatic rings. The fourth-order valence-electron chi connectivity index (χ4n) is 1.69. The minimum Gasteiger partial charge on any atom is -0.378 e. The lowest BCUT2D eigenvalue weighted by atomic mass is 10.4. The van der Waals surface area contributed by atoms with Gasteiger partial charge in [-0.2, -0.15) is 0 Å². The number of carbonyl (C=O) groups is 1. The highest BCUT2D eigenvalue weighted by atomic mass is 35.5. The molecule has 0 radical (unpaired) electrons. The Morgan fingerprint density at radius 3 is 2.50 bits per heavy atom. The van der Waals surface area contributed by atoms with Crippen molar-refractivity contribution in [1.82, 2.24) is 4.90 Å². The number of ether oxygens (including phenoxy) is 1. The van der Waals surface area contributed by atoms with Gasteiger partial charge in [-0.05, 0) is 24.3 Å². The van der Waals surface area contributed by atoms with Crippen LogP contribution < -0.4 is 0 Å². The maximum atomic E-state index is 12.0. The molecule has 2 rings (SSSR count). The molecule has 18 heavy (non-hydrogen) atoms. The highest BCUT2D eigenvalue weighted by Crippen LogP contribution is 2.13. The Hall–Kier alpha value is -0.910. The number of hydrogen-bond acceptors (Lipinski definition) is 3. The van der Waals surface area contributed by atoms with Crippen LogP contribution in [-0.4, -0.2) is 47.1 Å². The van der Waals surface area contributed by atoms with Gasteiger partial charge < -0.3 is 9.64 Å². The Morgan fingerprint density at radius 2 is 1.89 bits per heavy atom. The molecular formula is C12H14ClNO3S. The summed E-state index contributed by atoms with van der Waals surface area (Å²) in [5.74, 6) is -0.0756. The van der Waals surface area contributed by atoms with Crippen LogP contribution in [0.25, 0.3) is 0 Å². The van der Waals surface area contributed by atoms with Crippen molar-refractivity contribution in [2.75, 3.05) is 32.1 Å². The Morgan fingerprint density at radius 1 is 1.28 bits per heavy atom. The van der Waals surface area contributed by atoms with E-state index in [9.17, 15) is 9.00 Å². The van der Waals surface area contributed by atoms with Gasteiger partial charge in [0.15, 0.2) is 0 Å². The minimum atomic E-state index is -1.31. The van der Waals surface area contributed by atoms with Gasteiger partial charge in [-0.3, -0.25) is 9.00 Å². The Labute approximate surface area is 113 Å². The van der Waals surface area contributed by atoms with Crippen LogP contribution in [-0.2, 0) is 20.3 Å². The zero-order valence-electron chi connectivity index (χ0n) is 9.80. The smallest absolute Gasteiger partial charge is 0.235 e. The highest BCUT2D eigenvalue weighted by Gasteiger charge is 2.19. The molecule has 1 amide bonds. The zero-order valence-corrected chi connectivity index (χ0v) is 11.4. The van der Waals surface area contributed by atoms with Crippen molar-refractivity contribution in [3.63, 3.8) is 0 Å². The Bertz CT molecular complexity index is 443. The van der Waals surface area contributed by atoms with E-state index >= 15 is 0 Å². The SMILES string of the molecule is O=C(CS(=O)c1ccc(Cl)cc1)N1CCOCC1. The van der Waals surface area contributed by atoms with E-state index in [2.05, 4.69) is 0 Å². The molecule has 1 aliphatic heterocycles. The van der Waals surface area contributed by atoms with Crippen LogP contribution in [0.4, 0.5) is 0 Å². The predicted molar refractivity (Wildman–Crippen MR) is 70.1 cm³/mol. The Balaban J connectivity index is 1.94. The summed E-state index contributed by atoms with van der Waals surface area (Å²) in [6, 6.07) is 6.72. The van der Waals surface area contributed by atoms with Crippen molar-refractivity contribution >= 4 is 28.3 Å². The number of benzene rings is 1. The monoisotopic (exact) mass is 287 g/mol. The third-order valence-electron chi connectivity index (χ3n) is 2.69. The summed E-state index contributed by atoms with van der Waals surface area (Å²) in [5, 5.41) is 0.593. The van der Waals surface area contributed by atoms with E-state index in [0.29, 0.717) is 36.2 Å². The molecule has 1 fully saturated rings. The lowest BCUT2D eigenvalue weighted by molar-refractivity contribution is -0.132. The van der Waals surface area contributed by atoms with Crippen LogP contribution in [0.1, 0.15) is 0 Å². The molecule has 1 atom stereocenters. The van der Waals surface area contributed by atoms with Crippen molar-refractivity contribution in [2.45, 2.75) is 4.90 Å². The second-order valence-electron chi connectivity index (χ2n) is 3.94. The van der Waals surface area contributed by atoms with Crippen LogP contribution in [0, 0.1) is 0 Å². The lowest BCUT2D eigenvalue weighted by Gasteiger charge is -2.26. The number of halogens is 1. The number of rotatable bonds is 3. The topological polar surface area (TPSA) is 46.6 Å². The van der Waals surface area contributed by atoms with Gasteiger partial charge in [-0.25, -0.2) is 0 Å². The van der Waals surface area contributed by atoms with Crippen LogP contribution in [0.15, 0.2) is 29.2 Å². The summed E-state index contributed by atoms with van der Waals surface area (Å²) in [7, 11) is -1.31. The van der Waals surface area contributed by atoms with Gasteiger partial charge in [0, 0.05) is 23.0 Å². The molecule has 0 N–H and O–H groups in total. The fraction of sp³-hybridized carbons (Fsp3) is 0.417. The first kappa shape index (κ1) is 13.5. The summed E-state index contributed by atoms with van der Waals surface area (Å²) in [6.07, 6.45) is 0. The number of morpholine rings is 1. The first-order chi connectivity index (χ1) is 8.66. The van der Waals surface area contributed by atoms with E-state index in [1.54, 1.807) is 29.2 Å². The average molecular weight is 288 g/mol. The van der Waals surface area contributed by atoms with E-state index in [1.165, 1.54) is 0 Å². The summed E-state index contributed by atoms with van der Waals surface area (Å²) in [4.78, 5) is 14.2. The first-order valence-electron chi connectivity index (χ1n) is 5.66. The predicted octanol–water partition coefficient (Wildman–Crippen LogP) is 1.31. The van der Waals surface area contributed by atoms with Gasteiger partial charge in [0.05, 0.1) is 24.0 Å². The third kappa shape index (κ3) is 3.54. The molecule has 1 unspecified atom stereocenters. The van der Waals surface area contributed by atoms with Gasteiger partial charge >= 0.3 is 0 Å². The standard InChI is InChI=1S/C12H14ClNO3S/c13-10-1-3-11(4-2-10)18(16)9-12(15)14-5-7-17-8-6-14/h1-4H,5-9H2. The highest BCUT2D eigenvalue weighted by molar-refractivity contribution is 7.85. The van der Waals surface area contributed by atoms with E-state index in [4.69, 9.17) is 16.3 Å². The van der Waals surface area contributed by atoms with E-state index in [1.807, 2.05) is 0 Å². The van der Waals surface area contributed by atoms with Crippen molar-refractivity contribution in [3.8, 4) is 0 Å². The molecule has 0 aliphatic carbocycles. The van der Waals surface area contributed by atoms with Gasteiger partial charge in [-0.1, -0.05) is 11.6 Å². The Kier molecular flexibility index (Phi) is 4.74. The van der Waals surface area contributed by atoms with E-state index in [-0.39, 0.29) is 11.7 Å². The lowest BCUT2D eigenvalue weighted by Crippen LogP contribution is -2.42. The molecule has 4 nitrogen and oxygen atoms in total. The van der Waals surface area contributed by atoms with Crippen molar-refractivity contribution in [1.29, 1.82) is 0 Å². The second-order valence-corrected chi connectivity index (χ2v) is 5.82. The molecule has 0 bridgehead atoms. The summed E-state index contributed by atoms with van der Waals surface area (Å²) in [5.41, 5.74) is 0. The van der Waals surface area contributed by atoms with Crippen molar-refractivity contribution in [3.05, 3.63) is 29.3 Å². The third-order valence-corrected chi connectivity index (χ3v) is 4.25. The number of hydrogen-bond donors (Lipinski definition) is 0. The van der Waals surface area contributed by atoms with Crippen LogP contribution in [0.3, 0.4) is 0 Å². The summed E-state index contributed by atoms with van der Waals surface area (Å²) < 4.78 is 17.2. The van der Waals surface area contributed by atoms with Crippen molar-refractivity contribution < 1.29 is 13.7 Å². The fourth-order valence-corrected chi connectivity index (χ4v) is 2.83. The minimum absolute atomic E-state index is 0.0155. The normalized spacial score (nSPS) is 17.5. The molecule has 0 spiro atoms. The maximum absolute atomic E-state index is 12.0. The molecule has 0 aromatic heterocycles. The van der Waals surface area contributed by atoms with E-state index in [0.717, 1.165) is 0 Å². The summed E-state index contributed by atoms with van der Waals surface area (Å²) in [6.45, 7) is 2.27. The second kappa shape index (κ2) is 6.31. The largest absolute Gasteiger partial charge is 0.378 e. The van der Waals surface area contributed by atoms with E-state index < -0.39 is 10.8 Å². The maximum Gasteiger partial charge on any atom is 0.235 e. The van der Waals surface area contributed by atoms with Crippen LogP contribution >= 0.6 is 11.6 Å². The molecule has 1 saturated heterocycles. The number of carbonyl (C=O) groups excluding carboxylic acids is 1. The van der Waals surface area contributed by atoms with Gasteiger partial charge in [0.2, 0.25) is 5.91 Å². The molecule has 1 heterocycles. The molecule has 0 saturated carbocycles. The average Bonchev–Trinajstić information content (AvgIpc) is 2.40. The van der Waals surface area contributed by atoms with Gasteiger partial charge in [0.25, 0.3) is 0 Å². The molecule has 6 heteroatoms. The van der Waals surface area contributed by atoms with Crippen LogP contribution in [0.5, 0.6) is 0 Å². The number of nitrogens with zero attached hydrogens (tertiary/aromatic N) is 1. The molecule has 1 aliphatic rings. The first-order valence-corrected chi connectivity index (χ1v) is 7.36. The van der Waals surface area contributed by atoms with Crippen molar-refractivity contribution in [2.24, 2.45) is 0 Å². The molecular weight excluding hydrogens is 274 g/mol. The van der Waals surface area contributed by atoms with Gasteiger partial charge in [-0.15, -0.1) is 0 Å². The molecule has 1 aromatic carbocycles.